The number of carbonyl (C=O) groups is 2. The number of piperidine rings is 1. The van der Waals surface area contributed by atoms with Crippen molar-refractivity contribution in [2.75, 3.05) is 11.9 Å². The highest BCUT2D eigenvalue weighted by molar-refractivity contribution is 7.12. The van der Waals surface area contributed by atoms with Gasteiger partial charge in [-0.05, 0) is 73.7 Å². The number of thiophene rings is 1. The van der Waals surface area contributed by atoms with Crippen molar-refractivity contribution in [3.63, 3.8) is 0 Å². The van der Waals surface area contributed by atoms with Gasteiger partial charge in [0.25, 0.3) is 0 Å². The molecule has 150 valence electrons. The van der Waals surface area contributed by atoms with Crippen molar-refractivity contribution in [1.82, 2.24) is 14.7 Å². The minimum atomic E-state index is -0.157. The molecular weight excluding hydrogens is 384 g/mol. The van der Waals surface area contributed by atoms with E-state index in [1.807, 2.05) is 48.0 Å². The van der Waals surface area contributed by atoms with E-state index in [1.54, 1.807) is 17.8 Å². The van der Waals surface area contributed by atoms with E-state index < -0.39 is 0 Å². The van der Waals surface area contributed by atoms with Gasteiger partial charge in [0.1, 0.15) is 0 Å². The summed E-state index contributed by atoms with van der Waals surface area (Å²) in [6, 6.07) is 11.4. The van der Waals surface area contributed by atoms with Crippen molar-refractivity contribution >= 4 is 28.7 Å². The van der Waals surface area contributed by atoms with Crippen LogP contribution in [0.25, 0.3) is 5.69 Å². The first-order valence-corrected chi connectivity index (χ1v) is 10.7. The maximum atomic E-state index is 13.0. The van der Waals surface area contributed by atoms with Gasteiger partial charge in [-0.3, -0.25) is 14.5 Å². The lowest BCUT2D eigenvalue weighted by molar-refractivity contribution is -0.122. The number of nitrogens with one attached hydrogen (secondary N) is 1. The van der Waals surface area contributed by atoms with Gasteiger partial charge in [-0.2, -0.15) is 5.10 Å². The van der Waals surface area contributed by atoms with Crippen LogP contribution in [-0.4, -0.2) is 39.0 Å². The highest BCUT2D eigenvalue weighted by atomic mass is 32.1. The summed E-state index contributed by atoms with van der Waals surface area (Å²) in [5.74, 6) is 0.117. The van der Waals surface area contributed by atoms with Gasteiger partial charge < -0.3 is 5.32 Å². The molecule has 1 amide bonds. The molecule has 4 rings (SSSR count). The van der Waals surface area contributed by atoms with Crippen LogP contribution in [0.2, 0.25) is 0 Å². The molecule has 1 fully saturated rings. The number of Topliss-reactive ketones (excluding diaryl/α,β-unsaturated/α-hetero) is 1. The maximum Gasteiger partial charge on any atom is 0.241 e. The predicted molar refractivity (Wildman–Crippen MR) is 115 cm³/mol. The second-order valence-corrected chi connectivity index (χ2v) is 8.26. The summed E-state index contributed by atoms with van der Waals surface area (Å²) in [5, 5.41) is 9.30. The predicted octanol–water partition coefficient (Wildman–Crippen LogP) is 4.13. The topological polar surface area (TPSA) is 67.2 Å². The molecule has 6 nitrogen and oxygen atoms in total. The van der Waals surface area contributed by atoms with Crippen molar-refractivity contribution in [3.8, 4) is 5.69 Å². The second kappa shape index (κ2) is 8.71. The average Bonchev–Trinajstić information content (AvgIpc) is 3.41. The molecule has 0 radical (unpaired) electrons. The number of anilines is 1. The van der Waals surface area contributed by atoms with Gasteiger partial charge in [0, 0.05) is 24.6 Å². The largest absolute Gasteiger partial charge is 0.325 e. The lowest BCUT2D eigenvalue weighted by atomic mass is 10.0. The monoisotopic (exact) mass is 408 g/mol. The smallest absolute Gasteiger partial charge is 0.241 e. The Bertz CT molecular complexity index is 979. The van der Waals surface area contributed by atoms with Crippen LogP contribution in [0.5, 0.6) is 0 Å². The molecule has 0 spiro atoms. The summed E-state index contributed by atoms with van der Waals surface area (Å²) < 4.78 is 1.78. The van der Waals surface area contributed by atoms with Crippen molar-refractivity contribution in [1.29, 1.82) is 0 Å². The van der Waals surface area contributed by atoms with Crippen LogP contribution in [0.4, 0.5) is 5.69 Å². The minimum absolute atomic E-state index is 0.0264. The molecule has 1 aliphatic rings. The molecule has 0 saturated carbocycles. The summed E-state index contributed by atoms with van der Waals surface area (Å²) in [7, 11) is 0. The lowest BCUT2D eigenvalue weighted by Crippen LogP contribution is -2.46. The fraction of sp³-hybridized carbons (Fsp3) is 0.318. The molecule has 1 unspecified atom stereocenters. The Labute approximate surface area is 174 Å². The Hall–Kier alpha value is -2.77. The fourth-order valence-corrected chi connectivity index (χ4v) is 4.51. The number of nitrogens with zero attached hydrogens (tertiary/aromatic N) is 3. The van der Waals surface area contributed by atoms with Gasteiger partial charge in [-0.15, -0.1) is 11.3 Å². The number of hydrogen-bond donors (Lipinski definition) is 1. The number of ketones is 1. The number of carbonyl (C=O) groups excluding carboxylic acids is 2. The molecule has 0 aliphatic carbocycles. The number of amides is 1. The molecule has 1 N–H and O–H groups in total. The average molecular weight is 409 g/mol. The molecule has 0 bridgehead atoms. The molecule has 1 aromatic carbocycles. The van der Waals surface area contributed by atoms with Crippen LogP contribution in [0, 0.1) is 0 Å². The van der Waals surface area contributed by atoms with Crippen molar-refractivity contribution in [3.05, 3.63) is 64.6 Å². The van der Waals surface area contributed by atoms with Gasteiger partial charge in [0.05, 0.1) is 16.6 Å². The van der Waals surface area contributed by atoms with Crippen LogP contribution in [-0.2, 0) is 11.3 Å². The van der Waals surface area contributed by atoms with E-state index in [-0.39, 0.29) is 17.7 Å². The first-order chi connectivity index (χ1) is 14.1. The third kappa shape index (κ3) is 4.63. The summed E-state index contributed by atoms with van der Waals surface area (Å²) in [6.07, 6.45) is 6.61. The van der Waals surface area contributed by atoms with Crippen LogP contribution >= 0.6 is 11.3 Å². The molecule has 1 aliphatic heterocycles. The van der Waals surface area contributed by atoms with Crippen molar-refractivity contribution < 1.29 is 9.59 Å². The van der Waals surface area contributed by atoms with Gasteiger partial charge in [-0.1, -0.05) is 6.42 Å². The number of hydrogen-bond acceptors (Lipinski definition) is 5. The summed E-state index contributed by atoms with van der Waals surface area (Å²) in [6.45, 7) is 3.17. The molecule has 3 aromatic rings. The van der Waals surface area contributed by atoms with Crippen LogP contribution in [0.3, 0.4) is 0 Å². The highest BCUT2D eigenvalue weighted by Crippen LogP contribution is 2.24. The van der Waals surface area contributed by atoms with Crippen LogP contribution < -0.4 is 5.32 Å². The van der Waals surface area contributed by atoms with E-state index in [0.717, 1.165) is 47.6 Å². The Morgan fingerprint density at radius 3 is 2.76 bits per heavy atom. The second-order valence-electron chi connectivity index (χ2n) is 7.34. The molecule has 2 aromatic heterocycles. The molecule has 1 saturated heterocycles. The van der Waals surface area contributed by atoms with E-state index in [4.69, 9.17) is 0 Å². The van der Waals surface area contributed by atoms with E-state index in [1.165, 1.54) is 11.3 Å². The molecule has 7 heteroatoms. The third-order valence-electron chi connectivity index (χ3n) is 5.21. The van der Waals surface area contributed by atoms with Gasteiger partial charge in [0.15, 0.2) is 5.78 Å². The third-order valence-corrected chi connectivity index (χ3v) is 6.29. The Balaban J connectivity index is 1.42. The first kappa shape index (κ1) is 19.5. The van der Waals surface area contributed by atoms with Gasteiger partial charge in [0.2, 0.25) is 5.91 Å². The minimum Gasteiger partial charge on any atom is -0.325 e. The molecule has 3 heterocycles. The quantitative estimate of drug-likeness (QED) is 0.623. The molecule has 1 atom stereocenters. The Morgan fingerprint density at radius 2 is 2.07 bits per heavy atom. The zero-order valence-corrected chi connectivity index (χ0v) is 17.2. The van der Waals surface area contributed by atoms with E-state index in [9.17, 15) is 9.59 Å². The van der Waals surface area contributed by atoms with Gasteiger partial charge in [-0.25, -0.2) is 4.68 Å². The fourth-order valence-electron chi connectivity index (χ4n) is 3.70. The van der Waals surface area contributed by atoms with Crippen LogP contribution in [0.15, 0.2) is 54.2 Å². The first-order valence-electron chi connectivity index (χ1n) is 9.83. The molecular formula is C22H24N4O2S. The number of benzene rings is 1. The summed E-state index contributed by atoms with van der Waals surface area (Å²) in [5.41, 5.74) is 2.83. The highest BCUT2D eigenvalue weighted by Gasteiger charge is 2.29. The van der Waals surface area contributed by atoms with Crippen molar-refractivity contribution in [2.24, 2.45) is 0 Å². The standard InChI is InChI=1S/C22H24N4O2S/c1-16(27)21-13-17(15-29-21)14-25-11-3-2-5-20(25)22(28)24-18-6-8-19(9-7-18)26-12-4-10-23-26/h4,6-10,12-13,15,20H,2-3,5,11,14H2,1H3,(H,24,28). The van der Waals surface area contributed by atoms with E-state index in [2.05, 4.69) is 15.3 Å². The van der Waals surface area contributed by atoms with E-state index >= 15 is 0 Å². The van der Waals surface area contributed by atoms with E-state index in [0.29, 0.717) is 6.54 Å². The van der Waals surface area contributed by atoms with Gasteiger partial charge >= 0.3 is 0 Å². The number of likely N-dealkylation sites (tertiary alicyclic amines) is 1. The van der Waals surface area contributed by atoms with Crippen LogP contribution in [0.1, 0.15) is 41.4 Å². The Morgan fingerprint density at radius 1 is 1.24 bits per heavy atom. The number of rotatable bonds is 6. The molecule has 29 heavy (non-hydrogen) atoms. The van der Waals surface area contributed by atoms with Crippen molar-refractivity contribution in [2.45, 2.75) is 38.8 Å². The normalized spacial score (nSPS) is 17.2. The summed E-state index contributed by atoms with van der Waals surface area (Å²) >= 11 is 1.47. The zero-order chi connectivity index (χ0) is 20.2. The number of aromatic nitrogens is 2. The zero-order valence-electron chi connectivity index (χ0n) is 16.4. The maximum absolute atomic E-state index is 13.0. The lowest BCUT2D eigenvalue weighted by Gasteiger charge is -2.34. The summed E-state index contributed by atoms with van der Waals surface area (Å²) in [4.78, 5) is 27.5. The Kier molecular flexibility index (Phi) is 5.87. The SMILES string of the molecule is CC(=O)c1cc(CN2CCCCC2C(=O)Nc2ccc(-n3cccn3)cc2)cs1.